The van der Waals surface area contributed by atoms with Crippen molar-refractivity contribution in [3.05, 3.63) is 0 Å². The Bertz CT molecular complexity index is 94.2. The van der Waals surface area contributed by atoms with Crippen LogP contribution in [-0.2, 0) is 0 Å². The fraction of sp³-hybridized carbons (Fsp3) is 0. The molecule has 171 valence electrons. The summed E-state index contributed by atoms with van der Waals surface area (Å²) >= 11 is 0. The van der Waals surface area contributed by atoms with Gasteiger partial charge >= 0.3 is 0 Å². The van der Waals surface area contributed by atoms with Gasteiger partial charge in [0.1, 0.15) is 0 Å². The van der Waals surface area contributed by atoms with E-state index in [4.69, 9.17) is 55.9 Å². The lowest BCUT2D eigenvalue weighted by Crippen LogP contribution is -2.68. The smallest absolute Gasteiger partial charge is 0 e. The molecule has 0 fully saturated rings. The van der Waals surface area contributed by atoms with Crippen molar-refractivity contribution < 1.29 is 136 Å². The van der Waals surface area contributed by atoms with Gasteiger partial charge in [-0.25, -0.2) is 55.9 Å². The molecule has 0 atom stereocenters. The molecule has 25 heteroatoms. The molecule has 21 nitrogen and oxygen atoms in total. The molecular formula is H18AlCl3O21-3. The van der Waals surface area contributed by atoms with Crippen LogP contribution < -0.4 is 55.9 Å². The molecule has 0 amide bonds. The fourth-order valence-electron chi connectivity index (χ4n) is 0. The molecule has 25 heavy (non-hydrogen) atoms. The van der Waals surface area contributed by atoms with Gasteiger partial charge < -0.3 is 49.3 Å². The first-order chi connectivity index (χ1) is 6.00. The molecule has 0 rings (SSSR count). The molecule has 0 spiro atoms. The Morgan fingerprint density at radius 2 is 0.240 bits per heavy atom. The van der Waals surface area contributed by atoms with Crippen molar-refractivity contribution >= 4 is 17.4 Å². The average molecular weight is 487 g/mol. The van der Waals surface area contributed by atoms with E-state index in [1.165, 1.54) is 0 Å². The maximum atomic E-state index is 8.49. The van der Waals surface area contributed by atoms with Gasteiger partial charge in [0.2, 0.25) is 0 Å². The lowest BCUT2D eigenvalue weighted by atomic mass is 15.8. The molecule has 0 unspecified atom stereocenters. The summed E-state index contributed by atoms with van der Waals surface area (Å²) in [6.07, 6.45) is 0. The van der Waals surface area contributed by atoms with Crippen LogP contribution in [0.1, 0.15) is 0 Å². The summed E-state index contributed by atoms with van der Waals surface area (Å²) < 4.78 is 102. The minimum Gasteiger partial charge on any atom is -0.412 e. The van der Waals surface area contributed by atoms with Crippen molar-refractivity contribution in [1.29, 1.82) is 0 Å². The van der Waals surface area contributed by atoms with Crippen LogP contribution in [0.25, 0.3) is 0 Å². The first-order valence-electron chi connectivity index (χ1n) is 1.85. The zero-order chi connectivity index (χ0) is 13.5. The third-order valence-electron chi connectivity index (χ3n) is 0. The van der Waals surface area contributed by atoms with E-state index in [9.17, 15) is 0 Å². The average Bonchev–Trinajstić information content (AvgIpc) is 1.41. The molecule has 0 aromatic heterocycles. The first-order valence-corrected chi connectivity index (χ1v) is 5.55. The third kappa shape index (κ3) is 39500. The van der Waals surface area contributed by atoms with E-state index in [2.05, 4.69) is 0 Å². The van der Waals surface area contributed by atoms with E-state index in [-0.39, 0.29) is 66.6 Å². The Labute approximate surface area is 153 Å². The summed E-state index contributed by atoms with van der Waals surface area (Å²) in [6.45, 7) is 0. The normalized spacial score (nSPS) is 7.20. The summed E-state index contributed by atoms with van der Waals surface area (Å²) in [5, 5.41) is 0. The molecule has 18 N–H and O–H groups in total. The number of hydrogen-bond acceptors (Lipinski definition) is 12. The largest absolute Gasteiger partial charge is 0.412 e. The van der Waals surface area contributed by atoms with Gasteiger partial charge in [0.25, 0.3) is 0 Å². The highest BCUT2D eigenvalue weighted by atomic mass is 35.7. The highest BCUT2D eigenvalue weighted by Gasteiger charge is 1.84. The molecule has 0 saturated heterocycles. The van der Waals surface area contributed by atoms with Gasteiger partial charge in [0.15, 0.2) is 0 Å². The summed E-state index contributed by atoms with van der Waals surface area (Å²) in [4.78, 5) is 0. The van der Waals surface area contributed by atoms with E-state index in [0.717, 1.165) is 0 Å². The van der Waals surface area contributed by atoms with Gasteiger partial charge in [-0.2, -0.15) is 0 Å². The van der Waals surface area contributed by atoms with Crippen molar-refractivity contribution in [2.75, 3.05) is 0 Å². The Morgan fingerprint density at radius 3 is 0.240 bits per heavy atom. The Balaban J connectivity index is -0.00000000655. The molecule has 0 heterocycles. The van der Waals surface area contributed by atoms with Crippen LogP contribution in [0.2, 0.25) is 0 Å². The van der Waals surface area contributed by atoms with Gasteiger partial charge in [-0.3, -0.25) is 0 Å². The van der Waals surface area contributed by atoms with Crippen LogP contribution in [0.3, 0.4) is 0 Å². The standard InChI is InChI=1S/Al.3ClHO4.9H2O/c;3*2-1(3,4)5;;;;;;;;;/h;3*(H,2,3,4,5);9*1H2/p-3. The summed E-state index contributed by atoms with van der Waals surface area (Å²) in [5.41, 5.74) is 0. The topological polar surface area (TPSA) is 560 Å². The minimum absolute atomic E-state index is 0. The van der Waals surface area contributed by atoms with Crippen LogP contribution in [0.15, 0.2) is 0 Å². The van der Waals surface area contributed by atoms with E-state index in [1.54, 1.807) is 0 Å². The molecule has 0 aromatic carbocycles. The van der Waals surface area contributed by atoms with Crippen LogP contribution in [-0.4, -0.2) is 66.6 Å². The van der Waals surface area contributed by atoms with Crippen molar-refractivity contribution in [1.82, 2.24) is 0 Å². The van der Waals surface area contributed by atoms with Gasteiger partial charge in [0, 0.05) is 17.4 Å². The van der Waals surface area contributed by atoms with Crippen LogP contribution in [0.5, 0.6) is 0 Å². The minimum atomic E-state index is -4.94. The molecule has 0 aliphatic heterocycles. The molecule has 0 aromatic rings. The Hall–Kier alpha value is 0.562. The van der Waals surface area contributed by atoms with E-state index in [0.29, 0.717) is 0 Å². The molecular weight excluding hydrogens is 469 g/mol. The number of rotatable bonds is 0. The highest BCUT2D eigenvalue weighted by molar-refractivity contribution is 5.75. The van der Waals surface area contributed by atoms with Gasteiger partial charge in [-0.15, -0.1) is 30.7 Å². The van der Waals surface area contributed by atoms with Crippen LogP contribution >= 0.6 is 0 Å². The Kier molecular flexibility index (Phi) is 155. The molecule has 3 radical (unpaired) electrons. The number of hydrogen-bond donors (Lipinski definition) is 0. The molecule has 0 aliphatic carbocycles. The summed E-state index contributed by atoms with van der Waals surface area (Å²) in [6, 6.07) is 0. The van der Waals surface area contributed by atoms with Crippen LogP contribution in [0.4, 0.5) is 0 Å². The lowest BCUT2D eigenvalue weighted by molar-refractivity contribution is -2.00. The van der Waals surface area contributed by atoms with Gasteiger partial charge in [-0.05, 0) is 0 Å². The van der Waals surface area contributed by atoms with Crippen molar-refractivity contribution in [3.63, 3.8) is 0 Å². The third-order valence-corrected chi connectivity index (χ3v) is 0. The van der Waals surface area contributed by atoms with Gasteiger partial charge in [0.05, 0.1) is 0 Å². The van der Waals surface area contributed by atoms with Crippen molar-refractivity contribution in [2.45, 2.75) is 0 Å². The first kappa shape index (κ1) is 97.7. The lowest BCUT2D eigenvalue weighted by Gasteiger charge is -2.17. The predicted molar refractivity (Wildman–Crippen MR) is 38.3 cm³/mol. The number of halogens is 3. The summed E-state index contributed by atoms with van der Waals surface area (Å²) in [7, 11) is -14.8. The second-order valence-corrected chi connectivity index (χ2v) is 3.40. The van der Waals surface area contributed by atoms with E-state index >= 15 is 0 Å². The quantitative estimate of drug-likeness (QED) is 0.287. The SMILES string of the molecule is O.O.O.O.O.O.O.O.O.[Al].[O-][Cl+3]([O-])([O-])[O-].[O-][Cl+3]([O-])([O-])[O-].[O-][Cl+3]([O-])([O-])[O-]. The zero-order valence-corrected chi connectivity index (χ0v) is 14.5. The molecule has 0 bridgehead atoms. The summed E-state index contributed by atoms with van der Waals surface area (Å²) in [5.74, 6) is 0. The van der Waals surface area contributed by atoms with Gasteiger partial charge in [-0.1, -0.05) is 0 Å². The fourth-order valence-corrected chi connectivity index (χ4v) is 0. The Morgan fingerprint density at radius 1 is 0.240 bits per heavy atom. The second-order valence-electron chi connectivity index (χ2n) is 1.13. The van der Waals surface area contributed by atoms with Crippen molar-refractivity contribution in [3.8, 4) is 0 Å². The highest BCUT2D eigenvalue weighted by Crippen LogP contribution is 1.50. The maximum absolute atomic E-state index is 8.49. The predicted octanol–water partition coefficient (Wildman–Crippen LogP) is -22.1. The maximum Gasteiger partial charge on any atom is 0 e. The van der Waals surface area contributed by atoms with Crippen LogP contribution in [0, 0.1) is 30.7 Å². The van der Waals surface area contributed by atoms with E-state index < -0.39 is 30.7 Å². The second kappa shape index (κ2) is 39.6. The monoisotopic (exact) mass is 486 g/mol. The van der Waals surface area contributed by atoms with E-state index in [1.807, 2.05) is 0 Å². The zero-order valence-electron chi connectivity index (χ0n) is 11.1. The molecule has 0 saturated carbocycles. The molecule has 0 aliphatic rings. The van der Waals surface area contributed by atoms with Crippen molar-refractivity contribution in [2.24, 2.45) is 0 Å².